The van der Waals surface area contributed by atoms with E-state index >= 15 is 0 Å². The van der Waals surface area contributed by atoms with E-state index in [4.69, 9.17) is 4.74 Å². The summed E-state index contributed by atoms with van der Waals surface area (Å²) in [6, 6.07) is 9.12. The van der Waals surface area contributed by atoms with Crippen LogP contribution < -0.4 is 9.46 Å². The van der Waals surface area contributed by atoms with Crippen LogP contribution in [-0.4, -0.2) is 45.4 Å². The molecule has 8 heteroatoms. The van der Waals surface area contributed by atoms with E-state index in [1.54, 1.807) is 12.1 Å². The molecule has 2 aromatic carbocycles. The molecule has 0 spiro atoms. The number of nitrogens with zero attached hydrogens (tertiary/aromatic N) is 1. The molecule has 2 N–H and O–H groups in total. The molecule has 5 atom stereocenters. The second kappa shape index (κ2) is 8.89. The summed E-state index contributed by atoms with van der Waals surface area (Å²) < 4.78 is 36.4. The summed E-state index contributed by atoms with van der Waals surface area (Å²) in [5, 5.41) is 9.94. The Bertz CT molecular complexity index is 1190. The maximum Gasteiger partial charge on any atom is 0.341 e. The average molecular weight is 499 g/mol. The summed E-state index contributed by atoms with van der Waals surface area (Å²) in [7, 11) is -1.74. The number of rotatable bonds is 7. The highest BCUT2D eigenvalue weighted by Gasteiger charge is 2.45. The van der Waals surface area contributed by atoms with Gasteiger partial charge in [-0.05, 0) is 92.3 Å². The molecule has 3 aliphatic heterocycles. The van der Waals surface area contributed by atoms with Crippen molar-refractivity contribution in [1.29, 1.82) is 0 Å². The van der Waals surface area contributed by atoms with E-state index in [9.17, 15) is 18.5 Å². The van der Waals surface area contributed by atoms with Gasteiger partial charge in [-0.3, -0.25) is 4.90 Å². The predicted octanol–water partition coefficient (Wildman–Crippen LogP) is 4.96. The van der Waals surface area contributed by atoms with Gasteiger partial charge in [-0.15, -0.1) is 0 Å². The van der Waals surface area contributed by atoms with E-state index in [1.165, 1.54) is 25.0 Å². The molecule has 3 heterocycles. The number of carboxylic acids is 1. The first-order valence-electron chi connectivity index (χ1n) is 12.7. The number of fused-ring (bicyclic) bond motifs is 5. The fourth-order valence-corrected chi connectivity index (χ4v) is 7.82. The Hall–Kier alpha value is -2.45. The minimum Gasteiger partial charge on any atom is -0.492 e. The molecule has 6 rings (SSSR count). The van der Waals surface area contributed by atoms with Gasteiger partial charge in [0.05, 0.1) is 17.2 Å². The maximum atomic E-state index is 14.3. The molecule has 186 valence electrons. The normalized spacial score (nSPS) is 29.6. The Morgan fingerprint density at radius 3 is 2.69 bits per heavy atom. The van der Waals surface area contributed by atoms with Gasteiger partial charge >= 0.3 is 5.97 Å². The van der Waals surface area contributed by atoms with Crippen molar-refractivity contribution >= 4 is 22.6 Å². The van der Waals surface area contributed by atoms with E-state index in [1.807, 2.05) is 6.07 Å². The molecule has 0 aromatic heterocycles. The SMILES string of the molecule is CCN1C2CCC1CC(Cc1cc(F)ccc1S(=O)Nc1ccc3c(c1C(=O)O)OCC1CC31)C2. The fourth-order valence-electron chi connectivity index (χ4n) is 6.77. The standard InChI is InChI=1S/C27H31FN2O4S/c1-2-30-19-4-5-20(30)11-15(10-19)9-16-12-18(28)3-8-24(16)35(33)29-23-7-6-21-22-13-17(22)14-34-26(21)25(23)27(31)32/h3,6-8,12,15,17,19-20,22,29H,2,4-5,9-11,13-14H2,1H3,(H,31,32). The maximum absolute atomic E-state index is 14.3. The van der Waals surface area contributed by atoms with Crippen LogP contribution in [0.5, 0.6) is 5.75 Å². The number of benzene rings is 2. The van der Waals surface area contributed by atoms with Gasteiger partial charge in [0, 0.05) is 18.0 Å². The first-order chi connectivity index (χ1) is 16.9. The fraction of sp³-hybridized carbons (Fsp3) is 0.519. The van der Waals surface area contributed by atoms with Gasteiger partial charge in [0.15, 0.2) is 11.0 Å². The van der Waals surface area contributed by atoms with Crippen molar-refractivity contribution in [3.05, 3.63) is 52.8 Å². The molecule has 3 fully saturated rings. The molecule has 6 nitrogen and oxygen atoms in total. The van der Waals surface area contributed by atoms with Crippen molar-refractivity contribution in [2.75, 3.05) is 17.9 Å². The zero-order valence-electron chi connectivity index (χ0n) is 19.8. The van der Waals surface area contributed by atoms with Crippen LogP contribution in [0.1, 0.15) is 66.4 Å². The van der Waals surface area contributed by atoms with Crippen LogP contribution in [0, 0.1) is 17.7 Å². The third kappa shape index (κ3) is 4.14. The smallest absolute Gasteiger partial charge is 0.341 e. The van der Waals surface area contributed by atoms with Crippen molar-refractivity contribution in [3.8, 4) is 5.75 Å². The number of piperidine rings is 1. The molecule has 4 aliphatic rings. The van der Waals surface area contributed by atoms with Gasteiger partial charge in [0.2, 0.25) is 0 Å². The molecule has 1 saturated carbocycles. The lowest BCUT2D eigenvalue weighted by atomic mass is 9.86. The Morgan fingerprint density at radius 1 is 1.20 bits per heavy atom. The second-order valence-corrected chi connectivity index (χ2v) is 11.7. The molecular weight excluding hydrogens is 467 g/mol. The summed E-state index contributed by atoms with van der Waals surface area (Å²) >= 11 is 0. The summed E-state index contributed by atoms with van der Waals surface area (Å²) in [4.78, 5) is 15.3. The molecule has 0 amide bonds. The monoisotopic (exact) mass is 498 g/mol. The average Bonchev–Trinajstić information content (AvgIpc) is 3.57. The summed E-state index contributed by atoms with van der Waals surface area (Å²) in [5.41, 5.74) is 1.94. The van der Waals surface area contributed by atoms with Crippen LogP contribution in [0.2, 0.25) is 0 Å². The van der Waals surface area contributed by atoms with Gasteiger partial charge < -0.3 is 14.6 Å². The van der Waals surface area contributed by atoms with Crippen LogP contribution in [-0.2, 0) is 17.4 Å². The summed E-state index contributed by atoms with van der Waals surface area (Å²) in [6.45, 7) is 3.80. The van der Waals surface area contributed by atoms with Crippen LogP contribution in [0.3, 0.4) is 0 Å². The second-order valence-electron chi connectivity index (χ2n) is 10.5. The first kappa shape index (κ1) is 23.0. The van der Waals surface area contributed by atoms with E-state index in [-0.39, 0.29) is 17.1 Å². The molecule has 0 radical (unpaired) electrons. The number of hydrogen-bond acceptors (Lipinski definition) is 4. The Kier molecular flexibility index (Phi) is 5.84. The molecule has 5 unspecified atom stereocenters. The third-order valence-corrected chi connectivity index (χ3v) is 9.65. The van der Waals surface area contributed by atoms with Crippen molar-refractivity contribution in [1.82, 2.24) is 4.90 Å². The Balaban J connectivity index is 1.25. The summed E-state index contributed by atoms with van der Waals surface area (Å²) in [5.74, 6) is 0.176. The Morgan fingerprint density at radius 2 is 1.97 bits per heavy atom. The lowest BCUT2D eigenvalue weighted by Gasteiger charge is -2.38. The number of nitrogens with one attached hydrogen (secondary N) is 1. The van der Waals surface area contributed by atoms with Crippen molar-refractivity contribution in [3.63, 3.8) is 0 Å². The van der Waals surface area contributed by atoms with Crippen molar-refractivity contribution in [2.24, 2.45) is 11.8 Å². The van der Waals surface area contributed by atoms with Gasteiger partial charge in [-0.1, -0.05) is 13.0 Å². The number of halogens is 1. The predicted molar refractivity (Wildman–Crippen MR) is 132 cm³/mol. The lowest BCUT2D eigenvalue weighted by molar-refractivity contribution is 0.0692. The molecule has 2 saturated heterocycles. The zero-order valence-corrected chi connectivity index (χ0v) is 20.7. The van der Waals surface area contributed by atoms with Gasteiger partial charge in [0.1, 0.15) is 17.1 Å². The molecule has 35 heavy (non-hydrogen) atoms. The number of aromatic carboxylic acids is 1. The zero-order chi connectivity index (χ0) is 24.3. The van der Waals surface area contributed by atoms with Crippen LogP contribution in [0.4, 0.5) is 10.1 Å². The molecular formula is C27H31FN2O4S. The molecule has 1 aliphatic carbocycles. The van der Waals surface area contributed by atoms with Crippen LogP contribution >= 0.6 is 0 Å². The quantitative estimate of drug-likeness (QED) is 0.564. The van der Waals surface area contributed by atoms with E-state index in [0.717, 1.165) is 36.9 Å². The minimum absolute atomic E-state index is 0.0216. The number of carboxylic acid groups (broad SMARTS) is 1. The minimum atomic E-state index is -1.74. The lowest BCUT2D eigenvalue weighted by Crippen LogP contribution is -2.43. The number of ether oxygens (including phenoxy) is 1. The van der Waals surface area contributed by atoms with E-state index in [0.29, 0.717) is 53.5 Å². The molecule has 2 aromatic rings. The first-order valence-corrected chi connectivity index (χ1v) is 13.8. The van der Waals surface area contributed by atoms with Crippen molar-refractivity contribution in [2.45, 2.75) is 68.3 Å². The number of carbonyl (C=O) groups is 1. The van der Waals surface area contributed by atoms with E-state index < -0.39 is 17.0 Å². The molecule has 2 bridgehead atoms. The van der Waals surface area contributed by atoms with Gasteiger partial charge in [-0.2, -0.15) is 0 Å². The highest BCUT2D eigenvalue weighted by molar-refractivity contribution is 7.86. The highest BCUT2D eigenvalue weighted by atomic mass is 32.2. The van der Waals surface area contributed by atoms with Crippen molar-refractivity contribution < 1.29 is 23.2 Å². The summed E-state index contributed by atoms with van der Waals surface area (Å²) in [6.07, 6.45) is 6.29. The van der Waals surface area contributed by atoms with Gasteiger partial charge in [0.25, 0.3) is 0 Å². The van der Waals surface area contributed by atoms with E-state index in [2.05, 4.69) is 16.5 Å². The van der Waals surface area contributed by atoms with Gasteiger partial charge in [-0.25, -0.2) is 13.4 Å². The number of hydrogen-bond donors (Lipinski definition) is 2. The topological polar surface area (TPSA) is 78.9 Å². The number of anilines is 1. The highest BCUT2D eigenvalue weighted by Crippen LogP contribution is 2.55. The van der Waals surface area contributed by atoms with Crippen LogP contribution in [0.15, 0.2) is 35.2 Å². The largest absolute Gasteiger partial charge is 0.492 e. The third-order valence-electron chi connectivity index (χ3n) is 8.45. The Labute approximate surface area is 207 Å². The van der Waals surface area contributed by atoms with Crippen LogP contribution in [0.25, 0.3) is 0 Å².